The number of nitrogens with zero attached hydrogens (tertiary/aromatic N) is 3. The van der Waals surface area contributed by atoms with Crippen molar-refractivity contribution in [2.45, 2.75) is 25.9 Å². The zero-order valence-electron chi connectivity index (χ0n) is 11.7. The molecule has 106 valence electrons. The van der Waals surface area contributed by atoms with Gasteiger partial charge in [0.25, 0.3) is 0 Å². The Morgan fingerprint density at radius 2 is 2.40 bits per heavy atom. The zero-order chi connectivity index (χ0) is 13.9. The lowest BCUT2D eigenvalue weighted by atomic mass is 10.0. The standard InChI is InChI=1S/C15H20N4S/c1-11(16)12-5-7-19(8-12)9-13-10-20-15(18-13)14-4-2-3-6-17-14/h2-4,6,10-12H,5,7-9,16H2,1H3. The van der Waals surface area contributed by atoms with Crippen LogP contribution in [-0.2, 0) is 6.54 Å². The van der Waals surface area contributed by atoms with Gasteiger partial charge in [0.1, 0.15) is 5.01 Å². The molecule has 1 saturated heterocycles. The molecule has 2 unspecified atom stereocenters. The first-order valence-electron chi connectivity index (χ1n) is 7.06. The number of nitrogens with two attached hydrogens (primary N) is 1. The number of likely N-dealkylation sites (tertiary alicyclic amines) is 1. The van der Waals surface area contributed by atoms with E-state index in [1.54, 1.807) is 11.3 Å². The maximum Gasteiger partial charge on any atom is 0.142 e. The molecule has 3 heterocycles. The van der Waals surface area contributed by atoms with E-state index in [4.69, 9.17) is 10.7 Å². The lowest BCUT2D eigenvalue weighted by Gasteiger charge is -2.16. The molecule has 2 atom stereocenters. The van der Waals surface area contributed by atoms with Crippen molar-refractivity contribution in [3.63, 3.8) is 0 Å². The molecule has 1 aliphatic heterocycles. The van der Waals surface area contributed by atoms with Crippen molar-refractivity contribution in [2.24, 2.45) is 11.7 Å². The van der Waals surface area contributed by atoms with E-state index in [2.05, 4.69) is 22.2 Å². The molecule has 2 N–H and O–H groups in total. The van der Waals surface area contributed by atoms with Crippen LogP contribution in [0.4, 0.5) is 0 Å². The maximum absolute atomic E-state index is 5.98. The van der Waals surface area contributed by atoms with Gasteiger partial charge in [0.05, 0.1) is 11.4 Å². The average molecular weight is 288 g/mol. The molecule has 0 spiro atoms. The van der Waals surface area contributed by atoms with Crippen LogP contribution < -0.4 is 5.73 Å². The summed E-state index contributed by atoms with van der Waals surface area (Å²) in [5, 5.41) is 3.15. The zero-order valence-corrected chi connectivity index (χ0v) is 12.5. The Morgan fingerprint density at radius 1 is 1.50 bits per heavy atom. The van der Waals surface area contributed by atoms with Gasteiger partial charge in [-0.1, -0.05) is 6.07 Å². The maximum atomic E-state index is 5.98. The van der Waals surface area contributed by atoms with Crippen LogP contribution in [0.1, 0.15) is 19.0 Å². The number of aromatic nitrogens is 2. The Hall–Kier alpha value is -1.30. The van der Waals surface area contributed by atoms with Crippen LogP contribution in [0.3, 0.4) is 0 Å². The molecule has 0 radical (unpaired) electrons. The number of hydrogen-bond donors (Lipinski definition) is 1. The van der Waals surface area contributed by atoms with Gasteiger partial charge in [-0.2, -0.15) is 0 Å². The van der Waals surface area contributed by atoms with Gasteiger partial charge in [0.2, 0.25) is 0 Å². The molecule has 5 heteroatoms. The summed E-state index contributed by atoms with van der Waals surface area (Å²) in [6, 6.07) is 6.22. The van der Waals surface area contributed by atoms with E-state index in [0.29, 0.717) is 12.0 Å². The van der Waals surface area contributed by atoms with Crippen molar-refractivity contribution in [2.75, 3.05) is 13.1 Å². The van der Waals surface area contributed by atoms with Crippen molar-refractivity contribution in [3.05, 3.63) is 35.5 Å². The topological polar surface area (TPSA) is 55.0 Å². The van der Waals surface area contributed by atoms with Crippen LogP contribution >= 0.6 is 11.3 Å². The lowest BCUT2D eigenvalue weighted by Crippen LogP contribution is -2.29. The number of pyridine rings is 1. The minimum absolute atomic E-state index is 0.291. The van der Waals surface area contributed by atoms with Gasteiger partial charge in [-0.15, -0.1) is 11.3 Å². The second-order valence-electron chi connectivity index (χ2n) is 5.50. The summed E-state index contributed by atoms with van der Waals surface area (Å²) in [5.41, 5.74) is 8.08. The van der Waals surface area contributed by atoms with Crippen molar-refractivity contribution in [3.8, 4) is 10.7 Å². The average Bonchev–Trinajstić information content (AvgIpc) is 3.10. The van der Waals surface area contributed by atoms with E-state index in [9.17, 15) is 0 Å². The quantitative estimate of drug-likeness (QED) is 0.938. The molecule has 0 saturated carbocycles. The fourth-order valence-corrected chi connectivity index (χ4v) is 3.44. The molecule has 0 bridgehead atoms. The van der Waals surface area contributed by atoms with E-state index in [0.717, 1.165) is 36.0 Å². The highest BCUT2D eigenvalue weighted by molar-refractivity contribution is 7.13. The molecule has 3 rings (SSSR count). The van der Waals surface area contributed by atoms with Gasteiger partial charge < -0.3 is 5.73 Å². The third-order valence-electron chi connectivity index (χ3n) is 3.87. The monoisotopic (exact) mass is 288 g/mol. The Bertz CT molecular complexity index is 552. The van der Waals surface area contributed by atoms with E-state index >= 15 is 0 Å². The van der Waals surface area contributed by atoms with Crippen LogP contribution in [0, 0.1) is 5.92 Å². The highest BCUT2D eigenvalue weighted by atomic mass is 32.1. The third-order valence-corrected chi connectivity index (χ3v) is 4.79. The van der Waals surface area contributed by atoms with Crippen LogP contribution in [-0.4, -0.2) is 34.0 Å². The Labute approximate surface area is 123 Å². The summed E-state index contributed by atoms with van der Waals surface area (Å²) in [5.74, 6) is 0.629. The first kappa shape index (κ1) is 13.7. The van der Waals surface area contributed by atoms with Gasteiger partial charge in [0, 0.05) is 30.7 Å². The van der Waals surface area contributed by atoms with Gasteiger partial charge >= 0.3 is 0 Å². The first-order chi connectivity index (χ1) is 9.72. The number of hydrogen-bond acceptors (Lipinski definition) is 5. The van der Waals surface area contributed by atoms with E-state index in [1.807, 2.05) is 24.4 Å². The van der Waals surface area contributed by atoms with Crippen LogP contribution in [0.15, 0.2) is 29.8 Å². The van der Waals surface area contributed by atoms with E-state index < -0.39 is 0 Å². The molecule has 20 heavy (non-hydrogen) atoms. The summed E-state index contributed by atoms with van der Waals surface area (Å²) >= 11 is 1.67. The molecule has 1 fully saturated rings. The molecule has 4 nitrogen and oxygen atoms in total. The predicted molar refractivity (Wildman–Crippen MR) is 82.4 cm³/mol. The molecular formula is C15H20N4S. The summed E-state index contributed by atoms with van der Waals surface area (Å²) in [6.07, 6.45) is 3.01. The smallest absolute Gasteiger partial charge is 0.142 e. The van der Waals surface area contributed by atoms with Crippen molar-refractivity contribution >= 4 is 11.3 Å². The SMILES string of the molecule is CC(N)C1CCN(Cc2csc(-c3ccccn3)n2)C1. The van der Waals surface area contributed by atoms with Gasteiger partial charge in [-0.05, 0) is 37.9 Å². The van der Waals surface area contributed by atoms with Crippen LogP contribution in [0.2, 0.25) is 0 Å². The largest absolute Gasteiger partial charge is 0.328 e. The van der Waals surface area contributed by atoms with Crippen molar-refractivity contribution in [1.29, 1.82) is 0 Å². The number of rotatable bonds is 4. The molecule has 0 aromatic carbocycles. The minimum atomic E-state index is 0.291. The number of thiazole rings is 1. The van der Waals surface area contributed by atoms with E-state index in [1.165, 1.54) is 6.42 Å². The fourth-order valence-electron chi connectivity index (χ4n) is 2.65. The normalized spacial score (nSPS) is 21.2. The van der Waals surface area contributed by atoms with Gasteiger partial charge in [-0.25, -0.2) is 4.98 Å². The Morgan fingerprint density at radius 3 is 3.10 bits per heavy atom. The summed E-state index contributed by atoms with van der Waals surface area (Å²) in [4.78, 5) is 11.5. The molecule has 1 aliphatic rings. The highest BCUT2D eigenvalue weighted by Gasteiger charge is 2.25. The van der Waals surface area contributed by atoms with Crippen LogP contribution in [0.25, 0.3) is 10.7 Å². The van der Waals surface area contributed by atoms with E-state index in [-0.39, 0.29) is 0 Å². The fraction of sp³-hybridized carbons (Fsp3) is 0.467. The first-order valence-corrected chi connectivity index (χ1v) is 7.94. The molecule has 2 aromatic heterocycles. The van der Waals surface area contributed by atoms with Crippen LogP contribution in [0.5, 0.6) is 0 Å². The van der Waals surface area contributed by atoms with Crippen molar-refractivity contribution < 1.29 is 0 Å². The van der Waals surface area contributed by atoms with Gasteiger partial charge in [-0.3, -0.25) is 9.88 Å². The van der Waals surface area contributed by atoms with Gasteiger partial charge in [0.15, 0.2) is 0 Å². The Balaban J connectivity index is 1.64. The lowest BCUT2D eigenvalue weighted by molar-refractivity contribution is 0.305. The second-order valence-corrected chi connectivity index (χ2v) is 6.36. The second kappa shape index (κ2) is 5.99. The highest BCUT2D eigenvalue weighted by Crippen LogP contribution is 2.24. The summed E-state index contributed by atoms with van der Waals surface area (Å²) < 4.78 is 0. The Kier molecular flexibility index (Phi) is 4.10. The summed E-state index contributed by atoms with van der Waals surface area (Å²) in [7, 11) is 0. The minimum Gasteiger partial charge on any atom is -0.328 e. The molecule has 0 amide bonds. The molecular weight excluding hydrogens is 268 g/mol. The third kappa shape index (κ3) is 3.06. The van der Waals surface area contributed by atoms with Crippen molar-refractivity contribution in [1.82, 2.24) is 14.9 Å². The predicted octanol–water partition coefficient (Wildman–Crippen LogP) is 2.37. The summed E-state index contributed by atoms with van der Waals surface area (Å²) in [6.45, 7) is 5.25. The molecule has 2 aromatic rings. The molecule has 0 aliphatic carbocycles.